The number of hydrogen-bond donors (Lipinski definition) is 1. The lowest BCUT2D eigenvalue weighted by atomic mass is 10.1. The highest BCUT2D eigenvalue weighted by Gasteiger charge is 2.21. The lowest BCUT2D eigenvalue weighted by Crippen LogP contribution is -2.13. The SMILES string of the molecule is COC(=O)/C(=C/c1ccc(Cl)cc1)Cn1c2ccccc2c2cc(C(=O)OC)nc(/C=N/O)c21. The maximum Gasteiger partial charge on any atom is 0.356 e. The van der Waals surface area contributed by atoms with Crippen molar-refractivity contribution in [1.29, 1.82) is 0 Å². The van der Waals surface area contributed by atoms with Crippen LogP contribution in [0.4, 0.5) is 0 Å². The number of oxime groups is 1. The lowest BCUT2D eigenvalue weighted by Gasteiger charge is -2.12. The average molecular weight is 478 g/mol. The second-order valence-corrected chi connectivity index (χ2v) is 7.78. The highest BCUT2D eigenvalue weighted by Crippen LogP contribution is 2.32. The number of aromatic nitrogens is 2. The van der Waals surface area contributed by atoms with E-state index >= 15 is 0 Å². The largest absolute Gasteiger partial charge is 0.466 e. The third-order valence-corrected chi connectivity index (χ3v) is 5.59. The van der Waals surface area contributed by atoms with Crippen LogP contribution in [0.2, 0.25) is 5.02 Å². The second kappa shape index (κ2) is 9.76. The number of pyridine rings is 1. The van der Waals surface area contributed by atoms with Crippen molar-refractivity contribution in [2.75, 3.05) is 14.2 Å². The van der Waals surface area contributed by atoms with Crippen molar-refractivity contribution < 1.29 is 24.3 Å². The van der Waals surface area contributed by atoms with Gasteiger partial charge in [0.05, 0.1) is 38.1 Å². The van der Waals surface area contributed by atoms with Crippen molar-refractivity contribution in [2.24, 2.45) is 5.16 Å². The molecule has 4 rings (SSSR count). The summed E-state index contributed by atoms with van der Waals surface area (Å²) in [7, 11) is 2.58. The van der Waals surface area contributed by atoms with Crippen molar-refractivity contribution >= 4 is 57.6 Å². The number of ether oxygens (including phenoxy) is 2. The molecule has 8 nitrogen and oxygen atoms in total. The third-order valence-electron chi connectivity index (χ3n) is 5.34. The Labute approximate surface area is 199 Å². The number of hydrogen-bond acceptors (Lipinski definition) is 7. The molecule has 0 atom stereocenters. The lowest BCUT2D eigenvalue weighted by molar-refractivity contribution is -0.136. The summed E-state index contributed by atoms with van der Waals surface area (Å²) < 4.78 is 11.7. The molecule has 4 aromatic rings. The molecule has 0 fully saturated rings. The number of methoxy groups -OCH3 is 2. The highest BCUT2D eigenvalue weighted by atomic mass is 35.5. The fraction of sp³-hybridized carbons (Fsp3) is 0.120. The van der Waals surface area contributed by atoms with Crippen LogP contribution < -0.4 is 0 Å². The molecule has 172 valence electrons. The van der Waals surface area contributed by atoms with Crippen LogP contribution in [0.15, 0.2) is 65.3 Å². The minimum Gasteiger partial charge on any atom is -0.466 e. The molecule has 2 aromatic heterocycles. The molecule has 0 saturated heterocycles. The van der Waals surface area contributed by atoms with Gasteiger partial charge in [0.25, 0.3) is 0 Å². The molecule has 0 bridgehead atoms. The first-order valence-electron chi connectivity index (χ1n) is 10.2. The van der Waals surface area contributed by atoms with Gasteiger partial charge in [-0.05, 0) is 35.9 Å². The number of fused-ring (bicyclic) bond motifs is 3. The van der Waals surface area contributed by atoms with E-state index in [1.807, 2.05) is 28.8 Å². The standard InChI is InChI=1S/C25H20ClN3O5/c1-33-24(30)16(11-15-7-9-17(26)10-8-15)14-29-22-6-4-3-5-18(22)19-12-20(25(31)34-2)28-21(13-27-32)23(19)29/h3-13,32H,14H2,1-2H3/b16-11+,27-13+. The Kier molecular flexibility index (Phi) is 6.60. The van der Waals surface area contributed by atoms with Crippen molar-refractivity contribution in [1.82, 2.24) is 9.55 Å². The second-order valence-electron chi connectivity index (χ2n) is 7.34. The van der Waals surface area contributed by atoms with Crippen LogP contribution in [0.1, 0.15) is 21.7 Å². The van der Waals surface area contributed by atoms with Crippen molar-refractivity contribution in [3.8, 4) is 0 Å². The van der Waals surface area contributed by atoms with Gasteiger partial charge >= 0.3 is 11.9 Å². The maximum absolute atomic E-state index is 12.7. The Morgan fingerprint density at radius 3 is 2.50 bits per heavy atom. The molecule has 0 saturated carbocycles. The van der Waals surface area contributed by atoms with Gasteiger partial charge in [0, 0.05) is 21.3 Å². The topological polar surface area (TPSA) is 103 Å². The first kappa shape index (κ1) is 23.0. The van der Waals surface area contributed by atoms with Gasteiger partial charge in [-0.3, -0.25) is 0 Å². The number of esters is 2. The molecule has 34 heavy (non-hydrogen) atoms. The quantitative estimate of drug-likeness (QED) is 0.142. The van der Waals surface area contributed by atoms with Crippen molar-refractivity contribution in [3.63, 3.8) is 0 Å². The number of rotatable bonds is 6. The number of benzene rings is 2. The molecule has 0 amide bonds. The predicted octanol–water partition coefficient (Wildman–Crippen LogP) is 4.69. The first-order valence-corrected chi connectivity index (χ1v) is 10.6. The number of para-hydroxylation sites is 1. The molecule has 0 unspecified atom stereocenters. The van der Waals surface area contributed by atoms with E-state index < -0.39 is 11.9 Å². The highest BCUT2D eigenvalue weighted by molar-refractivity contribution is 6.30. The van der Waals surface area contributed by atoms with Crippen LogP contribution in [0.25, 0.3) is 27.9 Å². The first-order chi connectivity index (χ1) is 16.5. The van der Waals surface area contributed by atoms with E-state index in [2.05, 4.69) is 10.1 Å². The fourth-order valence-corrected chi connectivity index (χ4v) is 3.98. The summed E-state index contributed by atoms with van der Waals surface area (Å²) in [4.78, 5) is 29.2. The number of carbonyl (C=O) groups is 2. The van der Waals surface area contributed by atoms with E-state index in [0.29, 0.717) is 21.5 Å². The van der Waals surface area contributed by atoms with E-state index in [9.17, 15) is 14.8 Å². The normalized spacial score (nSPS) is 11.9. The molecule has 0 spiro atoms. The molecular weight excluding hydrogens is 458 g/mol. The Bertz CT molecular complexity index is 1460. The van der Waals surface area contributed by atoms with Crippen LogP contribution in [-0.2, 0) is 20.8 Å². The molecule has 2 aromatic carbocycles. The molecule has 0 aliphatic carbocycles. The van der Waals surface area contributed by atoms with Gasteiger partial charge in [-0.1, -0.05) is 47.1 Å². The summed E-state index contributed by atoms with van der Waals surface area (Å²) in [5, 5.41) is 14.5. The van der Waals surface area contributed by atoms with Crippen LogP contribution in [-0.4, -0.2) is 47.1 Å². The summed E-state index contributed by atoms with van der Waals surface area (Å²) in [6, 6.07) is 16.2. The zero-order chi connectivity index (χ0) is 24.2. The smallest absolute Gasteiger partial charge is 0.356 e. The van der Waals surface area contributed by atoms with E-state index in [0.717, 1.165) is 22.7 Å². The third kappa shape index (κ3) is 4.35. The summed E-state index contributed by atoms with van der Waals surface area (Å²) in [6.07, 6.45) is 2.86. The van der Waals surface area contributed by atoms with E-state index in [-0.39, 0.29) is 17.9 Å². The number of nitrogens with zero attached hydrogens (tertiary/aromatic N) is 3. The number of halogens is 1. The Morgan fingerprint density at radius 1 is 1.09 bits per heavy atom. The van der Waals surface area contributed by atoms with Gasteiger partial charge in [0.1, 0.15) is 11.4 Å². The number of carbonyl (C=O) groups excluding carboxylic acids is 2. The van der Waals surface area contributed by atoms with Gasteiger partial charge in [-0.2, -0.15) is 0 Å². The maximum atomic E-state index is 12.7. The van der Waals surface area contributed by atoms with Crippen molar-refractivity contribution in [2.45, 2.75) is 6.54 Å². The summed E-state index contributed by atoms with van der Waals surface area (Å²) in [5.41, 5.74) is 2.83. The Balaban J connectivity index is 1.98. The summed E-state index contributed by atoms with van der Waals surface area (Å²) in [5.74, 6) is -1.12. The van der Waals surface area contributed by atoms with Crippen LogP contribution >= 0.6 is 11.6 Å². The summed E-state index contributed by atoms with van der Waals surface area (Å²) >= 11 is 5.99. The molecule has 0 radical (unpaired) electrons. The molecule has 0 aliphatic heterocycles. The predicted molar refractivity (Wildman–Crippen MR) is 129 cm³/mol. The minimum atomic E-state index is -0.621. The van der Waals surface area contributed by atoms with Crippen molar-refractivity contribution in [3.05, 3.63) is 82.1 Å². The average Bonchev–Trinajstić information content (AvgIpc) is 3.17. The molecule has 2 heterocycles. The van der Waals surface area contributed by atoms with Gasteiger partial charge in [0.15, 0.2) is 0 Å². The van der Waals surface area contributed by atoms with Gasteiger partial charge in [-0.25, -0.2) is 14.6 Å². The molecule has 1 N–H and O–H groups in total. The van der Waals surface area contributed by atoms with Gasteiger partial charge in [0.2, 0.25) is 0 Å². The van der Waals surface area contributed by atoms with Gasteiger partial charge in [-0.15, -0.1) is 0 Å². The van der Waals surface area contributed by atoms with E-state index in [1.165, 1.54) is 14.2 Å². The molecule has 0 aliphatic rings. The molecule has 9 heteroatoms. The monoisotopic (exact) mass is 477 g/mol. The summed E-state index contributed by atoms with van der Waals surface area (Å²) in [6.45, 7) is 0.130. The fourth-order valence-electron chi connectivity index (χ4n) is 3.85. The van der Waals surface area contributed by atoms with Gasteiger partial charge < -0.3 is 19.2 Å². The minimum absolute atomic E-state index is 0.0673. The molecular formula is C25H20ClN3O5. The van der Waals surface area contributed by atoms with Crippen LogP contribution in [0.5, 0.6) is 0 Å². The zero-order valence-electron chi connectivity index (χ0n) is 18.4. The van der Waals surface area contributed by atoms with E-state index in [1.54, 1.807) is 36.4 Å². The zero-order valence-corrected chi connectivity index (χ0v) is 19.1. The van der Waals surface area contributed by atoms with Crippen LogP contribution in [0.3, 0.4) is 0 Å². The van der Waals surface area contributed by atoms with Crippen LogP contribution in [0, 0.1) is 0 Å². The Morgan fingerprint density at radius 2 is 1.82 bits per heavy atom. The Hall–Kier alpha value is -4.17. The van der Waals surface area contributed by atoms with E-state index in [4.69, 9.17) is 21.1 Å².